The molecule has 1 aromatic rings. The number of hydrogen-bond acceptors (Lipinski definition) is 3. The molecule has 0 bridgehead atoms. The summed E-state index contributed by atoms with van der Waals surface area (Å²) in [6.45, 7) is 2.39. The van der Waals surface area contributed by atoms with Gasteiger partial charge < -0.3 is 11.1 Å². The van der Waals surface area contributed by atoms with Gasteiger partial charge in [0.2, 0.25) is 0 Å². The maximum absolute atomic E-state index is 11.9. The van der Waals surface area contributed by atoms with Gasteiger partial charge in [0.05, 0.1) is 17.3 Å². The molecule has 5 heteroatoms. The minimum atomic E-state index is -0.140. The fraction of sp³-hybridized carbons (Fsp3) is 0.600. The van der Waals surface area contributed by atoms with E-state index in [2.05, 4.69) is 10.4 Å². The van der Waals surface area contributed by atoms with Gasteiger partial charge in [-0.1, -0.05) is 0 Å². The highest BCUT2D eigenvalue weighted by Gasteiger charge is 2.42. The van der Waals surface area contributed by atoms with Gasteiger partial charge in [0.15, 0.2) is 0 Å². The number of aryl methyl sites for hydroxylation is 1. The van der Waals surface area contributed by atoms with Crippen LogP contribution in [0.3, 0.4) is 0 Å². The van der Waals surface area contributed by atoms with Gasteiger partial charge in [0.1, 0.15) is 0 Å². The predicted octanol–water partition coefficient (Wildman–Crippen LogP) is -0.0504. The molecule has 0 saturated heterocycles. The molecule has 1 aliphatic carbocycles. The number of hydrogen-bond donors (Lipinski definition) is 2. The second kappa shape index (κ2) is 3.34. The van der Waals surface area contributed by atoms with Gasteiger partial charge in [0, 0.05) is 19.3 Å². The molecule has 0 radical (unpaired) electrons. The number of amides is 1. The average Bonchev–Trinajstić information content (AvgIpc) is 2.90. The van der Waals surface area contributed by atoms with Crippen molar-refractivity contribution in [3.05, 3.63) is 17.5 Å². The summed E-state index contributed by atoms with van der Waals surface area (Å²) in [7, 11) is 1.82. The lowest BCUT2D eigenvalue weighted by atomic mass is 10.2. The van der Waals surface area contributed by atoms with Crippen LogP contribution in [0.5, 0.6) is 0 Å². The first-order valence-electron chi connectivity index (χ1n) is 5.09. The molecule has 1 amide bonds. The summed E-state index contributed by atoms with van der Waals surface area (Å²) in [5.74, 6) is -0.0662. The molecule has 1 fully saturated rings. The van der Waals surface area contributed by atoms with Gasteiger partial charge >= 0.3 is 0 Å². The van der Waals surface area contributed by atoms with Crippen LogP contribution in [0.15, 0.2) is 6.20 Å². The van der Waals surface area contributed by atoms with E-state index in [1.807, 2.05) is 14.0 Å². The predicted molar refractivity (Wildman–Crippen MR) is 56.4 cm³/mol. The summed E-state index contributed by atoms with van der Waals surface area (Å²) in [6.07, 6.45) is 3.56. The van der Waals surface area contributed by atoms with Crippen molar-refractivity contribution >= 4 is 5.91 Å². The van der Waals surface area contributed by atoms with Gasteiger partial charge in [0.25, 0.3) is 5.91 Å². The molecule has 1 saturated carbocycles. The zero-order valence-electron chi connectivity index (χ0n) is 9.08. The fourth-order valence-corrected chi connectivity index (χ4v) is 1.56. The lowest BCUT2D eigenvalue weighted by molar-refractivity contribution is 0.0932. The van der Waals surface area contributed by atoms with Crippen LogP contribution in [0.25, 0.3) is 0 Å². The molecule has 0 unspecified atom stereocenters. The number of rotatable bonds is 3. The highest BCUT2D eigenvalue weighted by Crippen LogP contribution is 2.34. The summed E-state index contributed by atoms with van der Waals surface area (Å²) in [4.78, 5) is 11.9. The third kappa shape index (κ3) is 1.74. The van der Waals surface area contributed by atoms with Crippen LogP contribution >= 0.6 is 0 Å². The van der Waals surface area contributed by atoms with E-state index in [-0.39, 0.29) is 11.4 Å². The van der Waals surface area contributed by atoms with E-state index in [9.17, 15) is 4.79 Å². The van der Waals surface area contributed by atoms with Crippen molar-refractivity contribution in [3.63, 3.8) is 0 Å². The zero-order valence-corrected chi connectivity index (χ0v) is 9.08. The molecular formula is C10H16N4O. The summed E-state index contributed by atoms with van der Waals surface area (Å²) >= 11 is 0. The smallest absolute Gasteiger partial charge is 0.255 e. The van der Waals surface area contributed by atoms with Gasteiger partial charge in [-0.2, -0.15) is 5.10 Å². The Morgan fingerprint density at radius 2 is 2.40 bits per heavy atom. The van der Waals surface area contributed by atoms with Crippen LogP contribution in [-0.2, 0) is 7.05 Å². The van der Waals surface area contributed by atoms with Crippen LogP contribution in [-0.4, -0.2) is 27.8 Å². The van der Waals surface area contributed by atoms with Crippen molar-refractivity contribution in [1.29, 1.82) is 0 Å². The standard InChI is InChI=1S/C10H16N4O/c1-7-8(5-12-14(7)2)9(15)13-10(6-11)3-4-10/h5H,3-4,6,11H2,1-2H3,(H,13,15). The Balaban J connectivity index is 2.12. The van der Waals surface area contributed by atoms with Gasteiger partial charge in [-0.05, 0) is 19.8 Å². The van der Waals surface area contributed by atoms with E-state index in [0.717, 1.165) is 18.5 Å². The molecule has 0 aromatic carbocycles. The molecule has 3 N–H and O–H groups in total. The number of nitrogens with one attached hydrogen (secondary N) is 1. The Morgan fingerprint density at radius 3 is 2.80 bits per heavy atom. The van der Waals surface area contributed by atoms with Gasteiger partial charge in [-0.3, -0.25) is 9.48 Å². The largest absolute Gasteiger partial charge is 0.345 e. The van der Waals surface area contributed by atoms with Crippen LogP contribution < -0.4 is 11.1 Å². The van der Waals surface area contributed by atoms with E-state index in [0.29, 0.717) is 12.1 Å². The zero-order chi connectivity index (χ0) is 11.1. The Morgan fingerprint density at radius 1 is 1.73 bits per heavy atom. The van der Waals surface area contributed by atoms with Crippen LogP contribution in [0, 0.1) is 6.92 Å². The third-order valence-corrected chi connectivity index (χ3v) is 3.10. The van der Waals surface area contributed by atoms with Crippen molar-refractivity contribution < 1.29 is 4.79 Å². The molecular weight excluding hydrogens is 192 g/mol. The topological polar surface area (TPSA) is 72.9 Å². The van der Waals surface area contributed by atoms with Gasteiger partial charge in [-0.25, -0.2) is 0 Å². The van der Waals surface area contributed by atoms with E-state index in [1.165, 1.54) is 0 Å². The summed E-state index contributed by atoms with van der Waals surface area (Å²) < 4.78 is 1.69. The van der Waals surface area contributed by atoms with E-state index < -0.39 is 0 Å². The highest BCUT2D eigenvalue weighted by molar-refractivity contribution is 5.95. The molecule has 1 aromatic heterocycles. The summed E-state index contributed by atoms with van der Waals surface area (Å²) in [6, 6.07) is 0. The maximum Gasteiger partial charge on any atom is 0.255 e. The Hall–Kier alpha value is -1.36. The van der Waals surface area contributed by atoms with Crippen molar-refractivity contribution in [2.45, 2.75) is 25.3 Å². The molecule has 1 aliphatic rings. The molecule has 1 heterocycles. The molecule has 15 heavy (non-hydrogen) atoms. The van der Waals surface area contributed by atoms with Crippen LogP contribution in [0.1, 0.15) is 28.9 Å². The number of carbonyl (C=O) groups is 1. The molecule has 0 aliphatic heterocycles. The highest BCUT2D eigenvalue weighted by atomic mass is 16.2. The second-order valence-corrected chi connectivity index (χ2v) is 4.21. The second-order valence-electron chi connectivity index (χ2n) is 4.21. The van der Waals surface area contributed by atoms with Crippen molar-refractivity contribution in [1.82, 2.24) is 15.1 Å². The molecule has 0 spiro atoms. The lowest BCUT2D eigenvalue weighted by Crippen LogP contribution is -2.42. The summed E-state index contributed by atoms with van der Waals surface area (Å²) in [5, 5.41) is 7.01. The van der Waals surface area contributed by atoms with Crippen LogP contribution in [0.2, 0.25) is 0 Å². The molecule has 0 atom stereocenters. The monoisotopic (exact) mass is 208 g/mol. The number of carbonyl (C=O) groups excluding carboxylic acids is 1. The average molecular weight is 208 g/mol. The first-order chi connectivity index (χ1) is 7.08. The molecule has 82 valence electrons. The minimum Gasteiger partial charge on any atom is -0.345 e. The van der Waals surface area contributed by atoms with E-state index in [1.54, 1.807) is 10.9 Å². The van der Waals surface area contributed by atoms with Crippen molar-refractivity contribution in [2.75, 3.05) is 6.54 Å². The number of nitrogens with two attached hydrogens (primary N) is 1. The first-order valence-corrected chi connectivity index (χ1v) is 5.09. The van der Waals surface area contributed by atoms with Crippen molar-refractivity contribution in [3.8, 4) is 0 Å². The Labute approximate surface area is 88.6 Å². The van der Waals surface area contributed by atoms with E-state index >= 15 is 0 Å². The first kappa shape index (κ1) is 10.2. The maximum atomic E-state index is 11.9. The quantitative estimate of drug-likeness (QED) is 0.731. The SMILES string of the molecule is Cc1c(C(=O)NC2(CN)CC2)cnn1C. The van der Waals surface area contributed by atoms with Crippen LogP contribution in [0.4, 0.5) is 0 Å². The minimum absolute atomic E-state index is 0.0662. The Bertz CT molecular complexity index is 392. The normalized spacial score (nSPS) is 17.5. The van der Waals surface area contributed by atoms with Gasteiger partial charge in [-0.15, -0.1) is 0 Å². The van der Waals surface area contributed by atoms with Crippen molar-refractivity contribution in [2.24, 2.45) is 12.8 Å². The fourth-order valence-electron chi connectivity index (χ4n) is 1.56. The lowest BCUT2D eigenvalue weighted by Gasteiger charge is -2.14. The molecule has 5 nitrogen and oxygen atoms in total. The van der Waals surface area contributed by atoms with E-state index in [4.69, 9.17) is 5.73 Å². The number of nitrogens with zero attached hydrogens (tertiary/aromatic N) is 2. The summed E-state index contributed by atoms with van der Waals surface area (Å²) in [5.41, 5.74) is 6.97. The number of aromatic nitrogens is 2. The third-order valence-electron chi connectivity index (χ3n) is 3.10. The Kier molecular flexibility index (Phi) is 2.26. The molecule has 2 rings (SSSR count).